The molecule has 0 N–H and O–H groups in total. The molecule has 5 nitrogen and oxygen atoms in total. The highest BCUT2D eigenvalue weighted by molar-refractivity contribution is 5.80. The molecule has 1 aliphatic rings. The van der Waals surface area contributed by atoms with Crippen molar-refractivity contribution in [3.8, 4) is 0 Å². The van der Waals surface area contributed by atoms with Crippen molar-refractivity contribution < 1.29 is 4.79 Å². The molecule has 2 heterocycles. The fraction of sp³-hybridized carbons (Fsp3) is 0.526. The van der Waals surface area contributed by atoms with Gasteiger partial charge >= 0.3 is 0 Å². The van der Waals surface area contributed by atoms with Crippen molar-refractivity contribution >= 4 is 16.8 Å². The first-order valence-corrected chi connectivity index (χ1v) is 8.73. The molecule has 1 fully saturated rings. The number of carbonyl (C=O) groups is 1. The maximum Gasteiger partial charge on any atom is 0.261 e. The molecular formula is C19H25N3O2. The Morgan fingerprint density at radius 3 is 2.92 bits per heavy atom. The number of amides is 1. The van der Waals surface area contributed by atoms with Gasteiger partial charge in [-0.3, -0.25) is 14.2 Å². The summed E-state index contributed by atoms with van der Waals surface area (Å²) in [4.78, 5) is 31.5. The second kappa shape index (κ2) is 6.75. The number of para-hydroxylation sites is 1. The predicted molar refractivity (Wildman–Crippen MR) is 94.9 cm³/mol. The third-order valence-electron chi connectivity index (χ3n) is 5.01. The van der Waals surface area contributed by atoms with E-state index in [0.29, 0.717) is 30.3 Å². The second-order valence-corrected chi connectivity index (χ2v) is 7.00. The summed E-state index contributed by atoms with van der Waals surface area (Å²) < 4.78 is 1.56. The van der Waals surface area contributed by atoms with Gasteiger partial charge in [-0.25, -0.2) is 4.98 Å². The molecule has 0 spiro atoms. The van der Waals surface area contributed by atoms with Crippen molar-refractivity contribution in [2.45, 2.75) is 52.6 Å². The molecule has 3 rings (SSSR count). The van der Waals surface area contributed by atoms with E-state index in [9.17, 15) is 9.59 Å². The highest BCUT2D eigenvalue weighted by atomic mass is 16.2. The van der Waals surface area contributed by atoms with Crippen LogP contribution < -0.4 is 5.56 Å². The van der Waals surface area contributed by atoms with Crippen LogP contribution in [0.5, 0.6) is 0 Å². The summed E-state index contributed by atoms with van der Waals surface area (Å²) in [6.07, 6.45) is 4.07. The van der Waals surface area contributed by atoms with Crippen LogP contribution in [-0.2, 0) is 11.3 Å². The zero-order valence-corrected chi connectivity index (χ0v) is 14.7. The number of likely N-dealkylation sites (tertiary alicyclic amines) is 1. The Kier molecular flexibility index (Phi) is 4.69. The van der Waals surface area contributed by atoms with Gasteiger partial charge in [-0.05, 0) is 37.3 Å². The minimum Gasteiger partial charge on any atom is -0.339 e. The molecule has 0 radical (unpaired) electrons. The van der Waals surface area contributed by atoms with E-state index in [1.54, 1.807) is 17.0 Å². The average Bonchev–Trinajstić information content (AvgIpc) is 3.05. The summed E-state index contributed by atoms with van der Waals surface area (Å²) in [6, 6.07) is 5.95. The van der Waals surface area contributed by atoms with Crippen LogP contribution in [0.15, 0.2) is 29.3 Å². The maximum absolute atomic E-state index is 12.6. The molecule has 1 unspecified atom stereocenters. The predicted octanol–water partition coefficient (Wildman–Crippen LogP) is 2.74. The number of hydrogen-bond donors (Lipinski definition) is 0. The van der Waals surface area contributed by atoms with Crippen molar-refractivity contribution in [1.82, 2.24) is 14.5 Å². The first kappa shape index (κ1) is 16.7. The Hall–Kier alpha value is -2.17. The number of fused-ring (bicyclic) bond motifs is 1. The first-order chi connectivity index (χ1) is 11.5. The summed E-state index contributed by atoms with van der Waals surface area (Å²) in [5.74, 6) is 0.618. The van der Waals surface area contributed by atoms with Crippen LogP contribution in [0, 0.1) is 12.8 Å². The molecule has 0 aliphatic carbocycles. The average molecular weight is 327 g/mol. The van der Waals surface area contributed by atoms with Gasteiger partial charge in [0.1, 0.15) is 0 Å². The lowest BCUT2D eigenvalue weighted by Crippen LogP contribution is -2.39. The molecular weight excluding hydrogens is 302 g/mol. The van der Waals surface area contributed by atoms with Crippen molar-refractivity contribution in [3.63, 3.8) is 0 Å². The molecule has 128 valence electrons. The third kappa shape index (κ3) is 3.07. The molecule has 0 bridgehead atoms. The number of rotatable bonds is 4. The van der Waals surface area contributed by atoms with Crippen LogP contribution in [-0.4, -0.2) is 32.9 Å². The van der Waals surface area contributed by atoms with E-state index in [2.05, 4.69) is 18.8 Å². The smallest absolute Gasteiger partial charge is 0.261 e. The molecule has 1 aliphatic heterocycles. The number of aromatic nitrogens is 2. The van der Waals surface area contributed by atoms with Gasteiger partial charge < -0.3 is 4.90 Å². The van der Waals surface area contributed by atoms with Crippen molar-refractivity contribution in [2.24, 2.45) is 5.92 Å². The van der Waals surface area contributed by atoms with Crippen molar-refractivity contribution in [1.29, 1.82) is 0 Å². The van der Waals surface area contributed by atoms with E-state index in [4.69, 9.17) is 0 Å². The van der Waals surface area contributed by atoms with Crippen LogP contribution in [0.3, 0.4) is 0 Å². The number of nitrogens with zero attached hydrogens (tertiary/aromatic N) is 3. The van der Waals surface area contributed by atoms with Crippen LogP contribution in [0.4, 0.5) is 0 Å². The lowest BCUT2D eigenvalue weighted by atomic mass is 10.0. The van der Waals surface area contributed by atoms with E-state index in [1.165, 1.54) is 0 Å². The molecule has 24 heavy (non-hydrogen) atoms. The van der Waals surface area contributed by atoms with Gasteiger partial charge in [0, 0.05) is 25.6 Å². The summed E-state index contributed by atoms with van der Waals surface area (Å²) in [5.41, 5.74) is 1.66. The van der Waals surface area contributed by atoms with Gasteiger partial charge in [0.25, 0.3) is 5.56 Å². The zero-order chi connectivity index (χ0) is 17.3. The molecule has 5 heteroatoms. The third-order valence-corrected chi connectivity index (χ3v) is 5.01. The lowest BCUT2D eigenvalue weighted by Gasteiger charge is -2.27. The molecule has 0 saturated carbocycles. The van der Waals surface area contributed by atoms with Gasteiger partial charge in [0.05, 0.1) is 17.2 Å². The van der Waals surface area contributed by atoms with E-state index in [-0.39, 0.29) is 11.5 Å². The lowest BCUT2D eigenvalue weighted by molar-refractivity contribution is -0.133. The Balaban J connectivity index is 1.75. The Labute approximate surface area is 142 Å². The number of aryl methyl sites for hydroxylation is 2. The molecule has 1 aromatic heterocycles. The molecule has 1 amide bonds. The van der Waals surface area contributed by atoms with Crippen LogP contribution in [0.1, 0.15) is 38.7 Å². The Bertz CT molecular complexity index is 810. The SMILES string of the molecule is Cc1cccc2c(=O)n(CCC(=O)N3CCCC3C(C)C)cnc12. The highest BCUT2D eigenvalue weighted by Gasteiger charge is 2.30. The summed E-state index contributed by atoms with van der Waals surface area (Å²) in [6.45, 7) is 7.50. The fourth-order valence-corrected chi connectivity index (χ4v) is 3.65. The quantitative estimate of drug-likeness (QED) is 0.867. The van der Waals surface area contributed by atoms with Gasteiger partial charge in [0.2, 0.25) is 5.91 Å². The van der Waals surface area contributed by atoms with Gasteiger partial charge in [-0.15, -0.1) is 0 Å². The molecule has 1 saturated heterocycles. The van der Waals surface area contributed by atoms with Gasteiger partial charge in [-0.1, -0.05) is 26.0 Å². The van der Waals surface area contributed by atoms with Crippen LogP contribution in [0.25, 0.3) is 10.9 Å². The molecule has 1 aromatic carbocycles. The van der Waals surface area contributed by atoms with Crippen LogP contribution in [0.2, 0.25) is 0 Å². The van der Waals surface area contributed by atoms with E-state index < -0.39 is 0 Å². The monoisotopic (exact) mass is 327 g/mol. The highest BCUT2D eigenvalue weighted by Crippen LogP contribution is 2.24. The standard InChI is InChI=1S/C19H25N3O2/c1-13(2)16-8-5-10-22(16)17(23)9-11-21-12-20-18-14(3)6-4-7-15(18)19(21)24/h4,6-7,12-13,16H,5,8-11H2,1-3H3. The first-order valence-electron chi connectivity index (χ1n) is 8.73. The summed E-state index contributed by atoms with van der Waals surface area (Å²) >= 11 is 0. The minimum atomic E-state index is -0.0710. The van der Waals surface area contributed by atoms with Gasteiger partial charge in [0.15, 0.2) is 0 Å². The van der Waals surface area contributed by atoms with Crippen molar-refractivity contribution in [3.05, 3.63) is 40.4 Å². The summed E-state index contributed by atoms with van der Waals surface area (Å²) in [5, 5.41) is 0.617. The van der Waals surface area contributed by atoms with E-state index in [0.717, 1.165) is 30.5 Å². The van der Waals surface area contributed by atoms with Crippen molar-refractivity contribution in [2.75, 3.05) is 6.54 Å². The normalized spacial score (nSPS) is 17.8. The van der Waals surface area contributed by atoms with E-state index in [1.807, 2.05) is 24.0 Å². The number of hydrogen-bond acceptors (Lipinski definition) is 3. The second-order valence-electron chi connectivity index (χ2n) is 7.00. The Morgan fingerprint density at radius 2 is 2.17 bits per heavy atom. The maximum atomic E-state index is 12.6. The zero-order valence-electron chi connectivity index (χ0n) is 14.7. The minimum absolute atomic E-state index is 0.0710. The van der Waals surface area contributed by atoms with Crippen LogP contribution >= 0.6 is 0 Å². The fourth-order valence-electron chi connectivity index (χ4n) is 3.65. The number of benzene rings is 1. The largest absolute Gasteiger partial charge is 0.339 e. The number of carbonyl (C=O) groups excluding carboxylic acids is 1. The molecule has 2 aromatic rings. The topological polar surface area (TPSA) is 55.2 Å². The molecule has 1 atom stereocenters. The van der Waals surface area contributed by atoms with Gasteiger partial charge in [-0.2, -0.15) is 0 Å². The summed E-state index contributed by atoms with van der Waals surface area (Å²) in [7, 11) is 0. The van der Waals surface area contributed by atoms with E-state index >= 15 is 0 Å². The Morgan fingerprint density at radius 1 is 1.38 bits per heavy atom.